The summed E-state index contributed by atoms with van der Waals surface area (Å²) in [5, 5.41) is 9.81. The molecule has 5 heteroatoms. The predicted octanol–water partition coefficient (Wildman–Crippen LogP) is 3.98. The Hall–Kier alpha value is -2.66. The van der Waals surface area contributed by atoms with Crippen molar-refractivity contribution in [1.29, 1.82) is 0 Å². The van der Waals surface area contributed by atoms with Crippen LogP contribution in [0.3, 0.4) is 0 Å². The third-order valence-electron chi connectivity index (χ3n) is 3.96. The lowest BCUT2D eigenvalue weighted by molar-refractivity contribution is 0.803. The number of aromatic nitrogens is 1. The molecule has 0 saturated heterocycles. The average molecular weight is 350 g/mol. The van der Waals surface area contributed by atoms with E-state index in [0.29, 0.717) is 6.54 Å². The first-order chi connectivity index (χ1) is 12.3. The lowest BCUT2D eigenvalue weighted by Gasteiger charge is -2.12. The monoisotopic (exact) mass is 350 g/mol. The maximum Gasteiger partial charge on any atom is 0.191 e. The van der Waals surface area contributed by atoms with Gasteiger partial charge in [0.2, 0.25) is 0 Å². The lowest BCUT2D eigenvalue weighted by Crippen LogP contribution is -2.36. The first-order valence-electron chi connectivity index (χ1n) is 8.25. The molecular weight excluding hydrogens is 328 g/mol. The molecule has 0 unspecified atom stereocenters. The molecule has 128 valence electrons. The van der Waals surface area contributed by atoms with Crippen molar-refractivity contribution in [3.63, 3.8) is 0 Å². The van der Waals surface area contributed by atoms with Gasteiger partial charge in [0, 0.05) is 24.5 Å². The number of hydrogen-bond donors (Lipinski definition) is 2. The van der Waals surface area contributed by atoms with Gasteiger partial charge in [-0.25, -0.2) is 4.98 Å². The molecule has 0 aliphatic carbocycles. The molecule has 3 aromatic rings. The van der Waals surface area contributed by atoms with Crippen molar-refractivity contribution in [2.24, 2.45) is 4.99 Å². The standard InChI is InChI=1S/C20H22N4S/c1-15-8-6-7-11-17(15)12-22-20(21-2)23-13-19-24-18(14-25-19)16-9-4-3-5-10-16/h3-11,14H,12-13H2,1-2H3,(H2,21,22,23). The molecule has 0 aliphatic heterocycles. The van der Waals surface area contributed by atoms with Crippen LogP contribution in [0, 0.1) is 6.92 Å². The Morgan fingerprint density at radius 1 is 1.00 bits per heavy atom. The van der Waals surface area contributed by atoms with E-state index in [1.165, 1.54) is 11.1 Å². The molecule has 0 atom stereocenters. The van der Waals surface area contributed by atoms with Crippen LogP contribution in [0.25, 0.3) is 11.3 Å². The summed E-state index contributed by atoms with van der Waals surface area (Å²) >= 11 is 1.66. The van der Waals surface area contributed by atoms with Gasteiger partial charge in [0.05, 0.1) is 12.2 Å². The zero-order valence-electron chi connectivity index (χ0n) is 14.5. The molecule has 2 aromatic carbocycles. The topological polar surface area (TPSA) is 49.3 Å². The van der Waals surface area contributed by atoms with Crippen molar-refractivity contribution in [1.82, 2.24) is 15.6 Å². The quantitative estimate of drug-likeness (QED) is 0.540. The highest BCUT2D eigenvalue weighted by Crippen LogP contribution is 2.21. The van der Waals surface area contributed by atoms with E-state index in [1.54, 1.807) is 18.4 Å². The largest absolute Gasteiger partial charge is 0.352 e. The van der Waals surface area contributed by atoms with Crippen molar-refractivity contribution in [3.05, 3.63) is 76.1 Å². The second kappa shape index (κ2) is 8.44. The summed E-state index contributed by atoms with van der Waals surface area (Å²) < 4.78 is 0. The van der Waals surface area contributed by atoms with E-state index < -0.39 is 0 Å². The van der Waals surface area contributed by atoms with Crippen LogP contribution < -0.4 is 10.6 Å². The number of nitrogens with one attached hydrogen (secondary N) is 2. The number of aliphatic imine (C=N–C) groups is 1. The Balaban J connectivity index is 1.55. The van der Waals surface area contributed by atoms with Crippen LogP contribution >= 0.6 is 11.3 Å². The summed E-state index contributed by atoms with van der Waals surface area (Å²) in [6, 6.07) is 18.6. The summed E-state index contributed by atoms with van der Waals surface area (Å²) in [6.07, 6.45) is 0. The minimum Gasteiger partial charge on any atom is -0.352 e. The zero-order valence-corrected chi connectivity index (χ0v) is 15.3. The van der Waals surface area contributed by atoms with Gasteiger partial charge in [-0.1, -0.05) is 54.6 Å². The summed E-state index contributed by atoms with van der Waals surface area (Å²) in [4.78, 5) is 8.98. The molecule has 2 N–H and O–H groups in total. The predicted molar refractivity (Wildman–Crippen MR) is 106 cm³/mol. The number of rotatable bonds is 5. The number of thiazole rings is 1. The Kier molecular flexibility index (Phi) is 5.80. The van der Waals surface area contributed by atoms with Crippen LogP contribution in [0.5, 0.6) is 0 Å². The fraction of sp³-hybridized carbons (Fsp3) is 0.200. The molecule has 0 saturated carbocycles. The van der Waals surface area contributed by atoms with Crippen LogP contribution in [-0.2, 0) is 13.1 Å². The molecule has 1 aromatic heterocycles. The SMILES string of the molecule is CN=C(NCc1nc(-c2ccccc2)cs1)NCc1ccccc1C. The van der Waals surface area contributed by atoms with Crippen molar-refractivity contribution in [2.75, 3.05) is 7.05 Å². The number of nitrogens with zero attached hydrogens (tertiary/aromatic N) is 2. The molecular formula is C20H22N4S. The lowest BCUT2D eigenvalue weighted by atomic mass is 10.1. The van der Waals surface area contributed by atoms with Crippen LogP contribution in [-0.4, -0.2) is 18.0 Å². The smallest absolute Gasteiger partial charge is 0.191 e. The summed E-state index contributed by atoms with van der Waals surface area (Å²) in [6.45, 7) is 3.53. The Labute approximate surface area is 152 Å². The molecule has 0 amide bonds. The Morgan fingerprint density at radius 3 is 2.48 bits per heavy atom. The molecule has 3 rings (SSSR count). The Morgan fingerprint density at radius 2 is 1.72 bits per heavy atom. The third kappa shape index (κ3) is 4.67. The van der Waals surface area contributed by atoms with Crippen molar-refractivity contribution in [2.45, 2.75) is 20.0 Å². The molecule has 0 fully saturated rings. The molecule has 0 aliphatic rings. The van der Waals surface area contributed by atoms with Crippen molar-refractivity contribution in [3.8, 4) is 11.3 Å². The van der Waals surface area contributed by atoms with Gasteiger partial charge in [-0.2, -0.15) is 0 Å². The van der Waals surface area contributed by atoms with Gasteiger partial charge in [-0.15, -0.1) is 11.3 Å². The molecule has 0 bridgehead atoms. The molecule has 25 heavy (non-hydrogen) atoms. The van der Waals surface area contributed by atoms with Crippen LogP contribution in [0.2, 0.25) is 0 Å². The van der Waals surface area contributed by atoms with Gasteiger partial charge in [-0.3, -0.25) is 4.99 Å². The summed E-state index contributed by atoms with van der Waals surface area (Å²) in [5.41, 5.74) is 4.71. The van der Waals surface area contributed by atoms with E-state index in [-0.39, 0.29) is 0 Å². The zero-order chi connectivity index (χ0) is 17.5. The van der Waals surface area contributed by atoms with Gasteiger partial charge in [0.15, 0.2) is 5.96 Å². The normalized spacial score (nSPS) is 11.4. The van der Waals surface area contributed by atoms with Gasteiger partial charge >= 0.3 is 0 Å². The van der Waals surface area contributed by atoms with E-state index in [1.807, 2.05) is 18.2 Å². The highest BCUT2D eigenvalue weighted by atomic mass is 32.1. The highest BCUT2D eigenvalue weighted by Gasteiger charge is 2.05. The minimum absolute atomic E-state index is 0.658. The average Bonchev–Trinajstić information content (AvgIpc) is 3.13. The second-order valence-electron chi connectivity index (χ2n) is 5.70. The molecule has 0 spiro atoms. The van der Waals surface area contributed by atoms with E-state index >= 15 is 0 Å². The second-order valence-corrected chi connectivity index (χ2v) is 6.64. The number of aryl methyl sites for hydroxylation is 1. The van der Waals surface area contributed by atoms with Gasteiger partial charge in [-0.05, 0) is 18.1 Å². The van der Waals surface area contributed by atoms with Crippen LogP contribution in [0.1, 0.15) is 16.1 Å². The number of benzene rings is 2. The van der Waals surface area contributed by atoms with Crippen molar-refractivity contribution >= 4 is 17.3 Å². The van der Waals surface area contributed by atoms with Gasteiger partial charge < -0.3 is 10.6 Å². The number of hydrogen-bond acceptors (Lipinski definition) is 3. The van der Waals surface area contributed by atoms with Gasteiger partial charge in [0.25, 0.3) is 0 Å². The molecule has 1 heterocycles. The first-order valence-corrected chi connectivity index (χ1v) is 9.13. The fourth-order valence-electron chi connectivity index (χ4n) is 2.50. The van der Waals surface area contributed by atoms with E-state index in [0.717, 1.165) is 28.8 Å². The first kappa shape index (κ1) is 17.2. The highest BCUT2D eigenvalue weighted by molar-refractivity contribution is 7.09. The number of guanidine groups is 1. The maximum atomic E-state index is 4.69. The van der Waals surface area contributed by atoms with Crippen LogP contribution in [0.15, 0.2) is 65.0 Å². The third-order valence-corrected chi connectivity index (χ3v) is 4.81. The summed E-state index contributed by atoms with van der Waals surface area (Å²) in [7, 11) is 1.78. The van der Waals surface area contributed by atoms with E-state index in [4.69, 9.17) is 4.98 Å². The Bertz CT molecular complexity index is 840. The van der Waals surface area contributed by atoms with E-state index in [2.05, 4.69) is 64.3 Å². The van der Waals surface area contributed by atoms with Gasteiger partial charge in [0.1, 0.15) is 5.01 Å². The van der Waals surface area contributed by atoms with E-state index in [9.17, 15) is 0 Å². The van der Waals surface area contributed by atoms with Crippen molar-refractivity contribution < 1.29 is 0 Å². The fourth-order valence-corrected chi connectivity index (χ4v) is 3.24. The van der Waals surface area contributed by atoms with Crippen LogP contribution in [0.4, 0.5) is 0 Å². The molecule has 0 radical (unpaired) electrons. The minimum atomic E-state index is 0.658. The molecule has 4 nitrogen and oxygen atoms in total. The maximum absolute atomic E-state index is 4.69. The summed E-state index contributed by atoms with van der Waals surface area (Å²) in [5.74, 6) is 0.778.